The second-order valence-electron chi connectivity index (χ2n) is 7.25. The van der Waals surface area contributed by atoms with E-state index in [2.05, 4.69) is 36.1 Å². The van der Waals surface area contributed by atoms with Crippen LogP contribution < -0.4 is 5.56 Å². The maximum atomic E-state index is 12.6. The molecule has 0 bridgehead atoms. The van der Waals surface area contributed by atoms with Gasteiger partial charge in [0.15, 0.2) is 0 Å². The molecule has 1 atom stereocenters. The summed E-state index contributed by atoms with van der Waals surface area (Å²) in [7, 11) is 0. The molecule has 7 nitrogen and oxygen atoms in total. The molecule has 128 valence electrons. The number of aromatic amines is 1. The number of nitrogens with one attached hydrogen (secondary N) is 1. The van der Waals surface area contributed by atoms with Gasteiger partial charge in [0.25, 0.3) is 11.5 Å². The summed E-state index contributed by atoms with van der Waals surface area (Å²) in [6.45, 7) is 7.30. The number of carbonyl (C=O) groups is 1. The van der Waals surface area contributed by atoms with Crippen LogP contribution in [0, 0.1) is 0 Å². The highest BCUT2D eigenvalue weighted by Gasteiger charge is 2.31. The summed E-state index contributed by atoms with van der Waals surface area (Å²) in [6, 6.07) is 4.98. The van der Waals surface area contributed by atoms with Crippen LogP contribution in [0.4, 0.5) is 0 Å². The number of H-pyrrole nitrogens is 1. The van der Waals surface area contributed by atoms with Gasteiger partial charge in [-0.15, -0.1) is 0 Å². The quantitative estimate of drug-likeness (QED) is 0.926. The predicted octanol–water partition coefficient (Wildman–Crippen LogP) is 1.57. The highest BCUT2D eigenvalue weighted by Crippen LogP contribution is 2.21. The lowest BCUT2D eigenvalue weighted by molar-refractivity contribution is 0.0714. The van der Waals surface area contributed by atoms with Crippen molar-refractivity contribution in [2.24, 2.45) is 0 Å². The molecule has 0 aliphatic carbocycles. The minimum absolute atomic E-state index is 0.0266. The van der Waals surface area contributed by atoms with Gasteiger partial charge in [0.2, 0.25) is 0 Å². The topological polar surface area (TPSA) is 83.9 Å². The first-order chi connectivity index (χ1) is 11.4. The maximum Gasteiger partial charge on any atom is 0.272 e. The number of hydrogen-bond donors (Lipinski definition) is 1. The minimum Gasteiger partial charge on any atom is -0.332 e. The number of aromatic nitrogens is 4. The Morgan fingerprint density at radius 3 is 2.79 bits per heavy atom. The van der Waals surface area contributed by atoms with Crippen LogP contribution in [0.2, 0.25) is 0 Å². The fourth-order valence-electron chi connectivity index (χ4n) is 3.00. The van der Waals surface area contributed by atoms with Crippen molar-refractivity contribution in [2.45, 2.75) is 51.6 Å². The van der Waals surface area contributed by atoms with Gasteiger partial charge in [-0.3, -0.25) is 14.7 Å². The van der Waals surface area contributed by atoms with Crippen molar-refractivity contribution in [3.05, 3.63) is 46.1 Å². The Morgan fingerprint density at radius 1 is 1.33 bits per heavy atom. The minimum atomic E-state index is -0.135. The van der Waals surface area contributed by atoms with Crippen molar-refractivity contribution in [2.75, 3.05) is 6.54 Å². The second-order valence-corrected chi connectivity index (χ2v) is 7.25. The Kier molecular flexibility index (Phi) is 4.26. The van der Waals surface area contributed by atoms with Gasteiger partial charge in [0, 0.05) is 24.2 Å². The first-order valence-corrected chi connectivity index (χ1v) is 8.25. The van der Waals surface area contributed by atoms with E-state index in [9.17, 15) is 9.59 Å². The Labute approximate surface area is 140 Å². The highest BCUT2D eigenvalue weighted by atomic mass is 16.2. The fraction of sp³-hybridized carbons (Fsp3) is 0.529. The van der Waals surface area contributed by atoms with E-state index in [4.69, 9.17) is 0 Å². The molecule has 1 amide bonds. The number of carbonyl (C=O) groups excluding carboxylic acids is 1. The summed E-state index contributed by atoms with van der Waals surface area (Å²) in [6.07, 6.45) is 3.36. The Hall–Kier alpha value is -2.44. The molecule has 0 saturated carbocycles. The van der Waals surface area contributed by atoms with Crippen LogP contribution >= 0.6 is 0 Å². The van der Waals surface area contributed by atoms with Crippen molar-refractivity contribution in [3.63, 3.8) is 0 Å². The van der Waals surface area contributed by atoms with E-state index >= 15 is 0 Å². The third-order valence-corrected chi connectivity index (χ3v) is 4.39. The molecule has 7 heteroatoms. The summed E-state index contributed by atoms with van der Waals surface area (Å²) in [5.41, 5.74) is 1.08. The maximum absolute atomic E-state index is 12.6. The molecule has 3 heterocycles. The Balaban J connectivity index is 1.82. The van der Waals surface area contributed by atoms with Crippen molar-refractivity contribution in [1.29, 1.82) is 0 Å². The molecule has 1 aliphatic heterocycles. The summed E-state index contributed by atoms with van der Waals surface area (Å²) in [5, 5.41) is 11.1. The summed E-state index contributed by atoms with van der Waals surface area (Å²) in [4.78, 5) is 26.5. The molecule has 1 aliphatic rings. The van der Waals surface area contributed by atoms with Crippen molar-refractivity contribution in [3.8, 4) is 0 Å². The fourth-order valence-corrected chi connectivity index (χ4v) is 3.00. The Morgan fingerprint density at radius 2 is 2.12 bits per heavy atom. The number of rotatable bonds is 3. The van der Waals surface area contributed by atoms with E-state index in [0.29, 0.717) is 18.8 Å². The molecule has 1 fully saturated rings. The molecule has 1 N–H and O–H groups in total. The van der Waals surface area contributed by atoms with Crippen LogP contribution in [0.3, 0.4) is 0 Å². The third kappa shape index (κ3) is 3.25. The van der Waals surface area contributed by atoms with Crippen molar-refractivity contribution in [1.82, 2.24) is 24.9 Å². The van der Waals surface area contributed by atoms with E-state index in [1.165, 1.54) is 4.68 Å². The van der Waals surface area contributed by atoms with E-state index < -0.39 is 0 Å². The van der Waals surface area contributed by atoms with Gasteiger partial charge in [0.05, 0.1) is 18.3 Å². The molecule has 1 saturated heterocycles. The zero-order valence-corrected chi connectivity index (χ0v) is 14.3. The zero-order valence-electron chi connectivity index (χ0n) is 14.3. The van der Waals surface area contributed by atoms with Crippen LogP contribution in [0.1, 0.15) is 49.8 Å². The lowest BCUT2D eigenvalue weighted by atomic mass is 9.92. The molecule has 3 rings (SSSR count). The van der Waals surface area contributed by atoms with Crippen LogP contribution in [-0.2, 0) is 12.0 Å². The zero-order chi connectivity index (χ0) is 17.3. The summed E-state index contributed by atoms with van der Waals surface area (Å²) in [5.74, 6) is -0.0741. The molecule has 2 aromatic rings. The van der Waals surface area contributed by atoms with Gasteiger partial charge in [-0.2, -0.15) is 10.2 Å². The van der Waals surface area contributed by atoms with Crippen LogP contribution in [0.5, 0.6) is 0 Å². The van der Waals surface area contributed by atoms with E-state index in [1.54, 1.807) is 24.4 Å². The summed E-state index contributed by atoms with van der Waals surface area (Å²) < 4.78 is 1.49. The number of hydrogen-bond acceptors (Lipinski definition) is 4. The average molecular weight is 329 g/mol. The van der Waals surface area contributed by atoms with E-state index in [1.807, 2.05) is 4.90 Å². The highest BCUT2D eigenvalue weighted by molar-refractivity contribution is 5.92. The molecule has 0 aromatic carbocycles. The third-order valence-electron chi connectivity index (χ3n) is 4.39. The molecular formula is C17H23N5O2. The smallest absolute Gasteiger partial charge is 0.272 e. The van der Waals surface area contributed by atoms with Gasteiger partial charge in [-0.1, -0.05) is 20.8 Å². The lowest BCUT2D eigenvalue weighted by Crippen LogP contribution is -2.41. The largest absolute Gasteiger partial charge is 0.332 e. The SMILES string of the molecule is CC(C)(C)c1ccc(=O)n(CC2CCCN2C(=O)c2ccn[nH]2)n1. The van der Waals surface area contributed by atoms with E-state index in [0.717, 1.165) is 18.5 Å². The molecule has 0 radical (unpaired) electrons. The molecule has 1 unspecified atom stereocenters. The molecule has 2 aromatic heterocycles. The second kappa shape index (κ2) is 6.22. The van der Waals surface area contributed by atoms with Gasteiger partial charge < -0.3 is 4.90 Å². The van der Waals surface area contributed by atoms with Gasteiger partial charge in [-0.05, 0) is 25.0 Å². The summed E-state index contributed by atoms with van der Waals surface area (Å²) >= 11 is 0. The van der Waals surface area contributed by atoms with Crippen molar-refractivity contribution < 1.29 is 4.79 Å². The van der Waals surface area contributed by atoms with Gasteiger partial charge in [0.1, 0.15) is 5.69 Å². The average Bonchev–Trinajstić information content (AvgIpc) is 3.19. The number of likely N-dealkylation sites (tertiary alicyclic amines) is 1. The van der Waals surface area contributed by atoms with E-state index in [-0.39, 0.29) is 22.9 Å². The number of amides is 1. The first-order valence-electron chi connectivity index (χ1n) is 8.25. The lowest BCUT2D eigenvalue weighted by Gasteiger charge is -2.25. The molecule has 0 spiro atoms. The normalized spacial score (nSPS) is 18.1. The number of nitrogens with zero attached hydrogens (tertiary/aromatic N) is 4. The first kappa shape index (κ1) is 16.4. The van der Waals surface area contributed by atoms with Gasteiger partial charge >= 0.3 is 0 Å². The van der Waals surface area contributed by atoms with Crippen LogP contribution in [-0.4, -0.2) is 43.4 Å². The van der Waals surface area contributed by atoms with Crippen LogP contribution in [0.25, 0.3) is 0 Å². The predicted molar refractivity (Wildman–Crippen MR) is 89.8 cm³/mol. The Bertz CT molecular complexity index is 773. The molecular weight excluding hydrogens is 306 g/mol. The van der Waals surface area contributed by atoms with Gasteiger partial charge in [-0.25, -0.2) is 4.68 Å². The molecule has 24 heavy (non-hydrogen) atoms. The van der Waals surface area contributed by atoms with Crippen LogP contribution in [0.15, 0.2) is 29.2 Å². The standard InChI is InChI=1S/C17H23N5O2/c1-17(2,3)14-6-7-15(23)22(20-14)11-12-5-4-10-21(12)16(24)13-8-9-18-19-13/h6-9,12H,4-5,10-11H2,1-3H3,(H,18,19). The van der Waals surface area contributed by atoms with Crippen molar-refractivity contribution >= 4 is 5.91 Å². The monoisotopic (exact) mass is 329 g/mol.